The molecule has 0 fully saturated rings. The van der Waals surface area contributed by atoms with Crippen LogP contribution in [0.4, 0.5) is 5.82 Å². The third-order valence-electron chi connectivity index (χ3n) is 3.31. The van der Waals surface area contributed by atoms with Crippen LogP contribution in [0.1, 0.15) is 22.8 Å². The largest absolute Gasteiger partial charge is 0.462 e. The van der Waals surface area contributed by atoms with Crippen LogP contribution < -0.4 is 5.56 Å². The van der Waals surface area contributed by atoms with Gasteiger partial charge in [-0.25, -0.2) is 9.79 Å². The van der Waals surface area contributed by atoms with Crippen LogP contribution in [0.25, 0.3) is 11.3 Å². The molecule has 0 saturated heterocycles. The highest BCUT2D eigenvalue weighted by Crippen LogP contribution is 2.19. The number of rotatable bonds is 5. The summed E-state index contributed by atoms with van der Waals surface area (Å²) in [6, 6.07) is 9.37. The van der Waals surface area contributed by atoms with Crippen LogP contribution in [0.3, 0.4) is 0 Å². The van der Waals surface area contributed by atoms with Gasteiger partial charge in [0, 0.05) is 11.8 Å². The second kappa shape index (κ2) is 6.78. The van der Waals surface area contributed by atoms with Crippen LogP contribution in [-0.4, -0.2) is 39.2 Å². The summed E-state index contributed by atoms with van der Waals surface area (Å²) in [5, 5.41) is 11.8. The van der Waals surface area contributed by atoms with Crippen molar-refractivity contribution in [3.05, 3.63) is 58.0 Å². The van der Waals surface area contributed by atoms with E-state index < -0.39 is 5.97 Å². The minimum Gasteiger partial charge on any atom is -0.462 e. The molecular weight excluding hydrogens is 310 g/mol. The lowest BCUT2D eigenvalue weighted by Crippen LogP contribution is -2.06. The maximum atomic E-state index is 12.0. The second-order valence-electron chi connectivity index (χ2n) is 4.84. The summed E-state index contributed by atoms with van der Waals surface area (Å²) in [4.78, 5) is 28.0. The maximum absolute atomic E-state index is 12.0. The lowest BCUT2D eigenvalue weighted by atomic mass is 10.1. The van der Waals surface area contributed by atoms with E-state index in [-0.39, 0.29) is 23.5 Å². The zero-order chi connectivity index (χ0) is 16.9. The van der Waals surface area contributed by atoms with E-state index in [1.54, 1.807) is 6.92 Å². The molecule has 24 heavy (non-hydrogen) atoms. The normalized spacial score (nSPS) is 11.0. The molecule has 2 heterocycles. The van der Waals surface area contributed by atoms with E-state index in [0.717, 1.165) is 5.56 Å². The molecule has 8 nitrogen and oxygen atoms in total. The third-order valence-corrected chi connectivity index (χ3v) is 3.31. The van der Waals surface area contributed by atoms with Gasteiger partial charge >= 0.3 is 5.97 Å². The van der Waals surface area contributed by atoms with Crippen molar-refractivity contribution >= 4 is 18.0 Å². The van der Waals surface area contributed by atoms with Crippen molar-refractivity contribution in [2.45, 2.75) is 6.92 Å². The van der Waals surface area contributed by atoms with Gasteiger partial charge in [-0.15, -0.1) is 0 Å². The summed E-state index contributed by atoms with van der Waals surface area (Å²) in [5.41, 5.74) is 1.70. The number of aromatic amines is 3. The summed E-state index contributed by atoms with van der Waals surface area (Å²) < 4.78 is 4.93. The molecule has 1 aromatic carbocycles. The van der Waals surface area contributed by atoms with E-state index in [1.165, 1.54) is 12.4 Å². The Morgan fingerprint density at radius 2 is 2.08 bits per heavy atom. The molecule has 0 atom stereocenters. The Balaban J connectivity index is 1.95. The van der Waals surface area contributed by atoms with Gasteiger partial charge in [-0.05, 0) is 6.92 Å². The number of hydrogen-bond donors (Lipinski definition) is 3. The van der Waals surface area contributed by atoms with Crippen LogP contribution in [0.2, 0.25) is 0 Å². The lowest BCUT2D eigenvalue weighted by Gasteiger charge is -2.00. The van der Waals surface area contributed by atoms with Crippen molar-refractivity contribution in [3.8, 4) is 11.3 Å². The smallest absolute Gasteiger partial charge is 0.343 e. The van der Waals surface area contributed by atoms with Crippen molar-refractivity contribution in [2.75, 3.05) is 6.61 Å². The molecule has 0 spiro atoms. The first-order valence-electron chi connectivity index (χ1n) is 7.31. The topological polar surface area (TPSA) is 116 Å². The van der Waals surface area contributed by atoms with Gasteiger partial charge in [0.05, 0.1) is 24.1 Å². The molecule has 0 aliphatic heterocycles. The predicted molar refractivity (Wildman–Crippen MR) is 88.6 cm³/mol. The summed E-state index contributed by atoms with van der Waals surface area (Å²) in [6.45, 7) is 1.97. The number of nitrogens with one attached hydrogen (secondary N) is 3. The van der Waals surface area contributed by atoms with Crippen molar-refractivity contribution < 1.29 is 9.53 Å². The molecule has 0 unspecified atom stereocenters. The van der Waals surface area contributed by atoms with Gasteiger partial charge in [-0.1, -0.05) is 30.3 Å². The fourth-order valence-corrected chi connectivity index (χ4v) is 2.19. The highest BCUT2D eigenvalue weighted by molar-refractivity contribution is 5.96. The summed E-state index contributed by atoms with van der Waals surface area (Å²) in [7, 11) is 0. The minimum atomic E-state index is -0.523. The summed E-state index contributed by atoms with van der Waals surface area (Å²) in [5.74, 6) is -0.294. The Bertz CT molecular complexity index is 921. The van der Waals surface area contributed by atoms with Gasteiger partial charge < -0.3 is 4.74 Å². The van der Waals surface area contributed by atoms with Crippen LogP contribution in [0.15, 0.2) is 46.3 Å². The molecule has 2 aromatic heterocycles. The molecule has 0 bridgehead atoms. The van der Waals surface area contributed by atoms with Gasteiger partial charge in [0.15, 0.2) is 5.82 Å². The number of carbonyl (C=O) groups is 1. The van der Waals surface area contributed by atoms with E-state index in [4.69, 9.17) is 4.74 Å². The van der Waals surface area contributed by atoms with E-state index in [2.05, 4.69) is 25.4 Å². The monoisotopic (exact) mass is 325 g/mol. The Kier molecular flexibility index (Phi) is 4.37. The number of carbonyl (C=O) groups excluding carboxylic acids is 1. The van der Waals surface area contributed by atoms with Crippen LogP contribution in [-0.2, 0) is 4.74 Å². The zero-order valence-electron chi connectivity index (χ0n) is 12.9. The van der Waals surface area contributed by atoms with Gasteiger partial charge in [-0.2, -0.15) is 5.10 Å². The minimum absolute atomic E-state index is 0.210. The first-order valence-corrected chi connectivity index (χ1v) is 7.31. The van der Waals surface area contributed by atoms with Gasteiger partial charge in [0.2, 0.25) is 0 Å². The molecule has 0 saturated carbocycles. The summed E-state index contributed by atoms with van der Waals surface area (Å²) >= 11 is 0. The first kappa shape index (κ1) is 15.5. The highest BCUT2D eigenvalue weighted by atomic mass is 16.5. The van der Waals surface area contributed by atoms with Crippen LogP contribution in [0, 0.1) is 0 Å². The number of hydrogen-bond acceptors (Lipinski definition) is 5. The highest BCUT2D eigenvalue weighted by Gasteiger charge is 2.15. The van der Waals surface area contributed by atoms with Crippen molar-refractivity contribution in [3.63, 3.8) is 0 Å². The summed E-state index contributed by atoms with van der Waals surface area (Å²) in [6.07, 6.45) is 2.72. The van der Waals surface area contributed by atoms with Crippen LogP contribution >= 0.6 is 0 Å². The predicted octanol–water partition coefficient (Wildman–Crippen LogP) is 2.02. The van der Waals surface area contributed by atoms with Crippen molar-refractivity contribution in [2.24, 2.45) is 4.99 Å². The lowest BCUT2D eigenvalue weighted by molar-refractivity contribution is 0.0527. The molecule has 0 radical (unpaired) electrons. The molecule has 0 aliphatic rings. The Morgan fingerprint density at radius 3 is 2.83 bits per heavy atom. The Labute approximate surface area is 136 Å². The average molecular weight is 325 g/mol. The fourth-order valence-electron chi connectivity index (χ4n) is 2.19. The second-order valence-corrected chi connectivity index (χ2v) is 4.84. The van der Waals surface area contributed by atoms with Crippen molar-refractivity contribution in [1.29, 1.82) is 0 Å². The number of ether oxygens (including phenoxy) is 1. The van der Waals surface area contributed by atoms with Gasteiger partial charge in [-0.3, -0.25) is 20.1 Å². The quantitative estimate of drug-likeness (QED) is 0.491. The van der Waals surface area contributed by atoms with E-state index >= 15 is 0 Å². The maximum Gasteiger partial charge on any atom is 0.343 e. The van der Waals surface area contributed by atoms with Crippen LogP contribution in [0.5, 0.6) is 0 Å². The number of H-pyrrole nitrogens is 3. The number of aromatic nitrogens is 4. The average Bonchev–Trinajstić information content (AvgIpc) is 3.20. The van der Waals surface area contributed by atoms with E-state index in [1.807, 2.05) is 30.3 Å². The van der Waals surface area contributed by atoms with E-state index in [0.29, 0.717) is 11.3 Å². The molecule has 122 valence electrons. The molecule has 0 amide bonds. The third kappa shape index (κ3) is 3.02. The van der Waals surface area contributed by atoms with E-state index in [9.17, 15) is 9.59 Å². The Morgan fingerprint density at radius 1 is 1.29 bits per heavy atom. The van der Waals surface area contributed by atoms with Gasteiger partial charge in [0.25, 0.3) is 5.56 Å². The standard InChI is InChI=1S/C16H15N5O3/c1-2-24-16(23)12-9-18-20-14(12)17-8-11-13(19-21-15(11)22)10-6-4-3-5-7-10/h3-9H,2H2,1H3,(H,18,20)(H2,19,21,22)/b17-8+. The first-order chi connectivity index (χ1) is 11.7. The molecule has 0 aliphatic carbocycles. The molecule has 3 aromatic rings. The number of aliphatic imine (C=N–C) groups is 1. The number of benzene rings is 1. The molecule has 3 rings (SSSR count). The Hall–Kier alpha value is -3.42. The molecule has 3 N–H and O–H groups in total. The molecular formula is C16H15N5O3. The molecule has 8 heteroatoms. The van der Waals surface area contributed by atoms with Crippen molar-refractivity contribution in [1.82, 2.24) is 20.4 Å². The zero-order valence-corrected chi connectivity index (χ0v) is 12.9. The number of esters is 1. The SMILES string of the molecule is CCOC(=O)c1cn[nH]c1/N=C/c1c(-c2ccccc2)[nH][nH]c1=O. The van der Waals surface area contributed by atoms with Gasteiger partial charge in [0.1, 0.15) is 5.56 Å². The fraction of sp³-hybridized carbons (Fsp3) is 0.125. The number of nitrogens with zero attached hydrogens (tertiary/aromatic N) is 2.